The van der Waals surface area contributed by atoms with Crippen LogP contribution < -0.4 is 10.6 Å². The molecule has 0 aromatic carbocycles. The lowest BCUT2D eigenvalue weighted by atomic mass is 10.1. The fraction of sp³-hybridized carbons (Fsp3) is 0.571. The van der Waals surface area contributed by atoms with Crippen LogP contribution in [0.4, 0.5) is 5.69 Å². The molecule has 0 unspecified atom stereocenters. The van der Waals surface area contributed by atoms with E-state index in [4.69, 9.17) is 0 Å². The number of carbonyl (C=O) groups is 1. The first-order chi connectivity index (χ1) is 8.54. The Hall–Kier alpha value is -1.58. The number of hydrogen-bond acceptors (Lipinski definition) is 3. The molecule has 0 saturated carbocycles. The van der Waals surface area contributed by atoms with Crippen LogP contribution in [0, 0.1) is 12.8 Å². The maximum atomic E-state index is 12.0. The van der Waals surface area contributed by atoms with Gasteiger partial charge in [0.2, 0.25) is 0 Å². The first-order valence-electron chi connectivity index (χ1n) is 6.47. The van der Waals surface area contributed by atoms with E-state index in [0.29, 0.717) is 18.0 Å². The Balaban J connectivity index is 2.56. The highest BCUT2D eigenvalue weighted by atomic mass is 16.1. The van der Waals surface area contributed by atoms with Crippen LogP contribution in [0.15, 0.2) is 12.3 Å². The zero-order valence-corrected chi connectivity index (χ0v) is 11.7. The molecule has 0 atom stereocenters. The van der Waals surface area contributed by atoms with Crippen LogP contribution in [-0.4, -0.2) is 24.5 Å². The van der Waals surface area contributed by atoms with Crippen molar-refractivity contribution in [1.82, 2.24) is 10.3 Å². The third-order valence-corrected chi connectivity index (χ3v) is 2.80. The number of amides is 1. The van der Waals surface area contributed by atoms with Crippen LogP contribution in [0.3, 0.4) is 0 Å². The highest BCUT2D eigenvalue weighted by molar-refractivity contribution is 5.99. The molecular formula is C14H23N3O. The van der Waals surface area contributed by atoms with Gasteiger partial charge in [-0.1, -0.05) is 13.8 Å². The summed E-state index contributed by atoms with van der Waals surface area (Å²) >= 11 is 0. The molecule has 100 valence electrons. The molecular weight excluding hydrogens is 226 g/mol. The minimum atomic E-state index is -0.0596. The molecule has 0 radical (unpaired) electrons. The van der Waals surface area contributed by atoms with Crippen molar-refractivity contribution < 1.29 is 4.79 Å². The van der Waals surface area contributed by atoms with Crippen LogP contribution in [-0.2, 0) is 0 Å². The van der Waals surface area contributed by atoms with Gasteiger partial charge in [0.15, 0.2) is 0 Å². The highest BCUT2D eigenvalue weighted by Gasteiger charge is 2.10. The zero-order chi connectivity index (χ0) is 13.5. The second-order valence-electron chi connectivity index (χ2n) is 4.91. The largest absolute Gasteiger partial charge is 0.387 e. The average molecular weight is 249 g/mol. The predicted octanol–water partition coefficient (Wildman–Crippen LogP) is 2.60. The number of anilines is 1. The normalized spacial score (nSPS) is 10.5. The van der Waals surface area contributed by atoms with Gasteiger partial charge >= 0.3 is 0 Å². The molecule has 0 aliphatic carbocycles. The average Bonchev–Trinajstić information content (AvgIpc) is 2.33. The van der Waals surface area contributed by atoms with Crippen LogP contribution in [0.5, 0.6) is 0 Å². The number of rotatable bonds is 6. The molecule has 0 spiro atoms. The summed E-state index contributed by atoms with van der Waals surface area (Å²) in [5.74, 6) is 0.617. The van der Waals surface area contributed by atoms with E-state index < -0.39 is 0 Å². The van der Waals surface area contributed by atoms with E-state index in [-0.39, 0.29) is 5.91 Å². The lowest BCUT2D eigenvalue weighted by Gasteiger charge is -2.10. The SMILES string of the molecule is CNc1cc(C)ncc1C(=O)NCCCC(C)C. The quantitative estimate of drug-likeness (QED) is 0.762. The number of carbonyl (C=O) groups excluding carboxylic acids is 1. The van der Waals surface area contributed by atoms with Crippen LogP contribution >= 0.6 is 0 Å². The predicted molar refractivity (Wildman–Crippen MR) is 74.9 cm³/mol. The molecule has 1 aromatic rings. The molecule has 0 fully saturated rings. The molecule has 1 amide bonds. The van der Waals surface area contributed by atoms with Crippen molar-refractivity contribution in [3.05, 3.63) is 23.5 Å². The van der Waals surface area contributed by atoms with E-state index in [2.05, 4.69) is 29.5 Å². The van der Waals surface area contributed by atoms with Gasteiger partial charge in [0.25, 0.3) is 5.91 Å². The molecule has 2 N–H and O–H groups in total. The monoisotopic (exact) mass is 249 g/mol. The second kappa shape index (κ2) is 6.99. The van der Waals surface area contributed by atoms with E-state index in [1.165, 1.54) is 0 Å². The first kappa shape index (κ1) is 14.5. The number of aromatic nitrogens is 1. The number of nitrogens with zero attached hydrogens (tertiary/aromatic N) is 1. The summed E-state index contributed by atoms with van der Waals surface area (Å²) in [5.41, 5.74) is 2.33. The Morgan fingerprint density at radius 1 is 1.44 bits per heavy atom. The van der Waals surface area contributed by atoms with Gasteiger partial charge in [0, 0.05) is 25.5 Å². The van der Waals surface area contributed by atoms with Gasteiger partial charge < -0.3 is 10.6 Å². The van der Waals surface area contributed by atoms with Gasteiger partial charge in [-0.2, -0.15) is 0 Å². The van der Waals surface area contributed by atoms with E-state index in [9.17, 15) is 4.79 Å². The molecule has 1 rings (SSSR count). The molecule has 4 nitrogen and oxygen atoms in total. The lowest BCUT2D eigenvalue weighted by Crippen LogP contribution is -2.25. The van der Waals surface area contributed by atoms with Crippen molar-refractivity contribution >= 4 is 11.6 Å². The number of hydrogen-bond donors (Lipinski definition) is 2. The smallest absolute Gasteiger partial charge is 0.254 e. The molecule has 0 bridgehead atoms. The number of nitrogens with one attached hydrogen (secondary N) is 2. The minimum Gasteiger partial charge on any atom is -0.387 e. The number of aryl methyl sites for hydroxylation is 1. The van der Waals surface area contributed by atoms with Crippen LogP contribution in [0.2, 0.25) is 0 Å². The number of pyridine rings is 1. The molecule has 1 heterocycles. The Morgan fingerprint density at radius 2 is 2.17 bits per heavy atom. The fourth-order valence-electron chi connectivity index (χ4n) is 1.76. The Morgan fingerprint density at radius 3 is 2.78 bits per heavy atom. The molecule has 0 aliphatic rings. The van der Waals surface area contributed by atoms with Gasteiger partial charge in [-0.25, -0.2) is 0 Å². The maximum absolute atomic E-state index is 12.0. The van der Waals surface area contributed by atoms with Crippen molar-refractivity contribution in [1.29, 1.82) is 0 Å². The van der Waals surface area contributed by atoms with Crippen molar-refractivity contribution in [2.75, 3.05) is 18.9 Å². The van der Waals surface area contributed by atoms with Crippen molar-refractivity contribution in [3.8, 4) is 0 Å². The fourth-order valence-corrected chi connectivity index (χ4v) is 1.76. The zero-order valence-electron chi connectivity index (χ0n) is 11.7. The summed E-state index contributed by atoms with van der Waals surface area (Å²) in [4.78, 5) is 16.2. The van der Waals surface area contributed by atoms with Gasteiger partial charge in [-0.3, -0.25) is 9.78 Å². The Bertz CT molecular complexity index is 402. The van der Waals surface area contributed by atoms with Gasteiger partial charge in [0.05, 0.1) is 11.3 Å². The van der Waals surface area contributed by atoms with Crippen molar-refractivity contribution in [2.45, 2.75) is 33.6 Å². The van der Waals surface area contributed by atoms with Crippen LogP contribution in [0.1, 0.15) is 42.7 Å². The summed E-state index contributed by atoms with van der Waals surface area (Å²) in [6.45, 7) is 6.99. The van der Waals surface area contributed by atoms with Gasteiger partial charge in [-0.05, 0) is 31.7 Å². The maximum Gasteiger partial charge on any atom is 0.254 e. The van der Waals surface area contributed by atoms with E-state index in [1.54, 1.807) is 6.20 Å². The highest BCUT2D eigenvalue weighted by Crippen LogP contribution is 2.14. The van der Waals surface area contributed by atoms with Gasteiger partial charge in [0.1, 0.15) is 0 Å². The van der Waals surface area contributed by atoms with Crippen molar-refractivity contribution in [2.24, 2.45) is 5.92 Å². The molecule has 1 aromatic heterocycles. The summed E-state index contributed by atoms with van der Waals surface area (Å²) in [5, 5.41) is 5.95. The molecule has 4 heteroatoms. The topological polar surface area (TPSA) is 54.0 Å². The minimum absolute atomic E-state index is 0.0596. The summed E-state index contributed by atoms with van der Waals surface area (Å²) < 4.78 is 0. The van der Waals surface area contributed by atoms with E-state index in [0.717, 1.165) is 24.2 Å². The second-order valence-corrected chi connectivity index (χ2v) is 4.91. The van der Waals surface area contributed by atoms with E-state index >= 15 is 0 Å². The molecule has 18 heavy (non-hydrogen) atoms. The first-order valence-corrected chi connectivity index (χ1v) is 6.47. The Labute approximate surface area is 109 Å². The molecule has 0 saturated heterocycles. The lowest BCUT2D eigenvalue weighted by molar-refractivity contribution is 0.0953. The standard InChI is InChI=1S/C14H23N3O/c1-10(2)6-5-7-16-14(18)12-9-17-11(3)8-13(12)15-4/h8-10H,5-7H2,1-4H3,(H,15,17)(H,16,18). The third kappa shape index (κ3) is 4.35. The summed E-state index contributed by atoms with van der Waals surface area (Å²) in [6, 6.07) is 1.88. The van der Waals surface area contributed by atoms with E-state index in [1.807, 2.05) is 20.0 Å². The third-order valence-electron chi connectivity index (χ3n) is 2.80. The van der Waals surface area contributed by atoms with Gasteiger partial charge in [-0.15, -0.1) is 0 Å². The van der Waals surface area contributed by atoms with Crippen LogP contribution in [0.25, 0.3) is 0 Å². The Kier molecular flexibility index (Phi) is 5.62. The summed E-state index contributed by atoms with van der Waals surface area (Å²) in [6.07, 6.45) is 3.77. The molecule has 0 aliphatic heterocycles. The summed E-state index contributed by atoms with van der Waals surface area (Å²) in [7, 11) is 1.81. The van der Waals surface area contributed by atoms with Crippen molar-refractivity contribution in [3.63, 3.8) is 0 Å².